The number of nitrogens with zero attached hydrogens (tertiary/aromatic N) is 2. The third kappa shape index (κ3) is 4.43. The number of ether oxygens (including phenoxy) is 1. The molecule has 0 bridgehead atoms. The van der Waals surface area contributed by atoms with Gasteiger partial charge in [0.15, 0.2) is 0 Å². The summed E-state index contributed by atoms with van der Waals surface area (Å²) in [4.78, 5) is 0. The molecule has 1 aromatic heterocycles. The SMILES string of the molecule is N=c1n(CCCOc2ccc(F)cc2)c2ccccc2n1Cc1cccc(Br)c1. The Hall–Kier alpha value is -2.86. The van der Waals surface area contributed by atoms with E-state index in [1.54, 1.807) is 12.1 Å². The van der Waals surface area contributed by atoms with Crippen LogP contribution in [0.3, 0.4) is 0 Å². The van der Waals surface area contributed by atoms with E-state index in [1.807, 2.05) is 39.5 Å². The van der Waals surface area contributed by atoms with Crippen LogP contribution in [0.2, 0.25) is 0 Å². The van der Waals surface area contributed by atoms with Gasteiger partial charge in [0.2, 0.25) is 5.62 Å². The molecule has 0 unspecified atom stereocenters. The summed E-state index contributed by atoms with van der Waals surface area (Å²) in [6.07, 6.45) is 0.749. The van der Waals surface area contributed by atoms with Gasteiger partial charge >= 0.3 is 0 Å². The van der Waals surface area contributed by atoms with Gasteiger partial charge < -0.3 is 13.9 Å². The molecule has 3 aromatic carbocycles. The average molecular weight is 454 g/mol. The molecule has 148 valence electrons. The number of aromatic nitrogens is 2. The first-order valence-electron chi connectivity index (χ1n) is 9.47. The summed E-state index contributed by atoms with van der Waals surface area (Å²) in [7, 11) is 0. The van der Waals surface area contributed by atoms with Crippen molar-refractivity contribution in [3.63, 3.8) is 0 Å². The second-order valence-corrected chi connectivity index (χ2v) is 7.75. The Labute approximate surface area is 176 Å². The number of halogens is 2. The summed E-state index contributed by atoms with van der Waals surface area (Å²) in [6, 6.07) is 22.3. The molecule has 0 amide bonds. The fourth-order valence-corrected chi connectivity index (χ4v) is 3.89. The van der Waals surface area contributed by atoms with E-state index < -0.39 is 0 Å². The fourth-order valence-electron chi connectivity index (χ4n) is 3.44. The summed E-state index contributed by atoms with van der Waals surface area (Å²) >= 11 is 3.52. The number of fused-ring (bicyclic) bond motifs is 1. The van der Waals surface area contributed by atoms with Crippen molar-refractivity contribution in [1.82, 2.24) is 9.13 Å². The summed E-state index contributed by atoms with van der Waals surface area (Å²) in [5.41, 5.74) is 3.68. The molecule has 4 aromatic rings. The molecule has 0 aliphatic rings. The largest absolute Gasteiger partial charge is 0.494 e. The smallest absolute Gasteiger partial charge is 0.203 e. The molecule has 0 spiro atoms. The zero-order valence-corrected chi connectivity index (χ0v) is 17.4. The minimum atomic E-state index is -0.273. The lowest BCUT2D eigenvalue weighted by atomic mass is 10.2. The topological polar surface area (TPSA) is 42.9 Å². The highest BCUT2D eigenvalue weighted by atomic mass is 79.9. The molecule has 0 aliphatic heterocycles. The maximum Gasteiger partial charge on any atom is 0.203 e. The molecule has 0 radical (unpaired) electrons. The zero-order valence-electron chi connectivity index (χ0n) is 15.8. The predicted molar refractivity (Wildman–Crippen MR) is 116 cm³/mol. The van der Waals surface area contributed by atoms with Crippen molar-refractivity contribution in [2.24, 2.45) is 0 Å². The number of benzene rings is 3. The van der Waals surface area contributed by atoms with Gasteiger partial charge in [0.1, 0.15) is 11.6 Å². The van der Waals surface area contributed by atoms with Gasteiger partial charge in [-0.1, -0.05) is 40.2 Å². The third-order valence-electron chi connectivity index (χ3n) is 4.81. The summed E-state index contributed by atoms with van der Waals surface area (Å²) < 4.78 is 23.8. The van der Waals surface area contributed by atoms with Crippen molar-refractivity contribution < 1.29 is 9.13 Å². The Bertz CT molecular complexity index is 1180. The Morgan fingerprint density at radius 2 is 1.62 bits per heavy atom. The predicted octanol–water partition coefficient (Wildman–Crippen LogP) is 5.34. The number of nitrogens with one attached hydrogen (secondary N) is 1. The Balaban J connectivity index is 1.52. The Morgan fingerprint density at radius 1 is 0.897 bits per heavy atom. The zero-order chi connectivity index (χ0) is 20.2. The van der Waals surface area contributed by atoms with Crippen LogP contribution >= 0.6 is 15.9 Å². The second kappa shape index (κ2) is 8.66. The van der Waals surface area contributed by atoms with Gasteiger partial charge in [-0.3, -0.25) is 5.41 Å². The van der Waals surface area contributed by atoms with Crippen LogP contribution in [0.5, 0.6) is 5.75 Å². The standard InChI is InChI=1S/C23H21BrFN3O/c24-18-6-3-5-17(15-18)16-28-22-8-2-1-7-21(22)27(23(28)26)13-4-14-29-20-11-9-19(25)10-12-20/h1-3,5-12,15,26H,4,13-14,16H2. The van der Waals surface area contributed by atoms with Crippen LogP contribution < -0.4 is 10.4 Å². The van der Waals surface area contributed by atoms with Crippen LogP contribution in [0.4, 0.5) is 4.39 Å². The molecular formula is C23H21BrFN3O. The maximum atomic E-state index is 13.0. The van der Waals surface area contributed by atoms with E-state index in [0.29, 0.717) is 31.1 Å². The number of rotatable bonds is 7. The number of hydrogen-bond acceptors (Lipinski definition) is 2. The van der Waals surface area contributed by atoms with Gasteiger partial charge in [-0.15, -0.1) is 0 Å². The van der Waals surface area contributed by atoms with Crippen molar-refractivity contribution in [3.05, 3.63) is 94.3 Å². The van der Waals surface area contributed by atoms with Crippen LogP contribution in [0.15, 0.2) is 77.3 Å². The monoisotopic (exact) mass is 453 g/mol. The highest BCUT2D eigenvalue weighted by Gasteiger charge is 2.11. The van der Waals surface area contributed by atoms with Gasteiger partial charge in [-0.25, -0.2) is 4.39 Å². The maximum absolute atomic E-state index is 13.0. The minimum absolute atomic E-state index is 0.273. The van der Waals surface area contributed by atoms with E-state index >= 15 is 0 Å². The molecule has 1 N–H and O–H groups in total. The summed E-state index contributed by atoms with van der Waals surface area (Å²) in [5.74, 6) is 0.379. The van der Waals surface area contributed by atoms with Crippen LogP contribution in [-0.2, 0) is 13.1 Å². The molecule has 29 heavy (non-hydrogen) atoms. The first-order valence-corrected chi connectivity index (χ1v) is 10.3. The van der Waals surface area contributed by atoms with Gasteiger partial charge in [0, 0.05) is 11.0 Å². The first kappa shape index (κ1) is 19.5. The van der Waals surface area contributed by atoms with Gasteiger partial charge in [0.05, 0.1) is 24.2 Å². The summed E-state index contributed by atoms with van der Waals surface area (Å²) in [5, 5.41) is 8.73. The molecule has 4 rings (SSSR count). The lowest BCUT2D eigenvalue weighted by molar-refractivity contribution is 0.300. The second-order valence-electron chi connectivity index (χ2n) is 6.84. The quantitative estimate of drug-likeness (QED) is 0.377. The molecule has 1 heterocycles. The molecule has 0 fully saturated rings. The van der Waals surface area contributed by atoms with Crippen molar-refractivity contribution in [1.29, 1.82) is 5.41 Å². The molecule has 0 saturated carbocycles. The average Bonchev–Trinajstić information content (AvgIpc) is 2.98. The van der Waals surface area contributed by atoms with E-state index in [0.717, 1.165) is 27.5 Å². The molecule has 6 heteroatoms. The lowest BCUT2D eigenvalue weighted by Gasteiger charge is -2.08. The van der Waals surface area contributed by atoms with E-state index in [4.69, 9.17) is 10.1 Å². The van der Waals surface area contributed by atoms with Crippen molar-refractivity contribution in [3.8, 4) is 5.75 Å². The van der Waals surface area contributed by atoms with Crippen LogP contribution in [0, 0.1) is 11.2 Å². The van der Waals surface area contributed by atoms with Crippen LogP contribution in [0.25, 0.3) is 11.0 Å². The lowest BCUT2D eigenvalue weighted by Crippen LogP contribution is -2.25. The minimum Gasteiger partial charge on any atom is -0.494 e. The number of para-hydroxylation sites is 2. The number of imidazole rings is 1. The van der Waals surface area contributed by atoms with E-state index in [2.05, 4.69) is 34.1 Å². The molecule has 0 aliphatic carbocycles. The highest BCUT2D eigenvalue weighted by molar-refractivity contribution is 9.10. The van der Waals surface area contributed by atoms with E-state index in [9.17, 15) is 4.39 Å². The van der Waals surface area contributed by atoms with Crippen molar-refractivity contribution >= 4 is 27.0 Å². The highest BCUT2D eigenvalue weighted by Crippen LogP contribution is 2.17. The number of aryl methyl sites for hydroxylation is 1. The van der Waals surface area contributed by atoms with Crippen LogP contribution in [0.1, 0.15) is 12.0 Å². The Morgan fingerprint density at radius 3 is 2.34 bits per heavy atom. The van der Waals surface area contributed by atoms with E-state index in [1.165, 1.54) is 12.1 Å². The van der Waals surface area contributed by atoms with Crippen LogP contribution in [-0.4, -0.2) is 15.7 Å². The summed E-state index contributed by atoms with van der Waals surface area (Å²) in [6.45, 7) is 1.81. The van der Waals surface area contributed by atoms with Crippen molar-refractivity contribution in [2.45, 2.75) is 19.5 Å². The fraction of sp³-hybridized carbons (Fsp3) is 0.174. The van der Waals surface area contributed by atoms with Gasteiger partial charge in [0.25, 0.3) is 0 Å². The third-order valence-corrected chi connectivity index (χ3v) is 5.31. The normalized spacial score (nSPS) is 11.1. The Kier molecular flexibility index (Phi) is 5.81. The molecule has 0 saturated heterocycles. The van der Waals surface area contributed by atoms with E-state index in [-0.39, 0.29) is 5.82 Å². The molecular weight excluding hydrogens is 433 g/mol. The molecule has 0 atom stereocenters. The van der Waals surface area contributed by atoms with Gasteiger partial charge in [-0.05, 0) is 60.5 Å². The first-order chi connectivity index (χ1) is 14.1. The van der Waals surface area contributed by atoms with Crippen molar-refractivity contribution in [2.75, 3.05) is 6.61 Å². The van der Waals surface area contributed by atoms with Gasteiger partial charge in [-0.2, -0.15) is 0 Å². The molecule has 4 nitrogen and oxygen atoms in total. The number of hydrogen-bond donors (Lipinski definition) is 1.